The van der Waals surface area contributed by atoms with E-state index in [1.54, 1.807) is 0 Å². The first-order valence-corrected chi connectivity index (χ1v) is 6.71. The Morgan fingerprint density at radius 1 is 1.19 bits per heavy atom. The van der Waals surface area contributed by atoms with E-state index in [1.807, 2.05) is 43.3 Å². The molecule has 0 saturated heterocycles. The number of fused-ring (bicyclic) bond motifs is 1. The van der Waals surface area contributed by atoms with Gasteiger partial charge in [0, 0.05) is 10.9 Å². The summed E-state index contributed by atoms with van der Waals surface area (Å²) >= 11 is 6.01. The summed E-state index contributed by atoms with van der Waals surface area (Å²) in [6, 6.07) is 13.7. The molecule has 2 heterocycles. The van der Waals surface area contributed by atoms with E-state index >= 15 is 0 Å². The lowest BCUT2D eigenvalue weighted by Gasteiger charge is -2.10. The van der Waals surface area contributed by atoms with Gasteiger partial charge in [0.25, 0.3) is 0 Å². The van der Waals surface area contributed by atoms with Crippen molar-refractivity contribution in [1.29, 1.82) is 5.26 Å². The van der Waals surface area contributed by atoms with Gasteiger partial charge in [-0.15, -0.1) is 0 Å². The molecule has 0 aliphatic carbocycles. The van der Waals surface area contributed by atoms with Crippen LogP contribution in [0.1, 0.15) is 11.1 Å². The number of pyridine rings is 2. The van der Waals surface area contributed by atoms with Crippen LogP contribution in [0.15, 0.2) is 36.4 Å². The van der Waals surface area contributed by atoms with Crippen LogP contribution >= 0.6 is 11.6 Å². The molecule has 2 N–H and O–H groups in total. The van der Waals surface area contributed by atoms with Gasteiger partial charge in [-0.05, 0) is 18.6 Å². The topological polar surface area (TPSA) is 75.6 Å². The number of aromatic nitrogens is 2. The Balaban J connectivity index is 2.41. The zero-order chi connectivity index (χ0) is 15.0. The first kappa shape index (κ1) is 13.3. The number of benzene rings is 1. The third kappa shape index (κ3) is 2.18. The van der Waals surface area contributed by atoms with Gasteiger partial charge in [0.2, 0.25) is 0 Å². The molecule has 0 atom stereocenters. The van der Waals surface area contributed by atoms with E-state index in [9.17, 15) is 5.26 Å². The Morgan fingerprint density at radius 3 is 2.57 bits per heavy atom. The van der Waals surface area contributed by atoms with Crippen molar-refractivity contribution in [2.24, 2.45) is 0 Å². The fourth-order valence-corrected chi connectivity index (χ4v) is 2.57. The molecular formula is C16H11ClN4. The van der Waals surface area contributed by atoms with Crippen LogP contribution in [0.25, 0.3) is 22.2 Å². The quantitative estimate of drug-likeness (QED) is 0.694. The number of rotatable bonds is 1. The third-order valence-electron chi connectivity index (χ3n) is 3.32. The fourth-order valence-electron chi connectivity index (χ4n) is 2.35. The van der Waals surface area contributed by atoms with Crippen molar-refractivity contribution in [2.75, 3.05) is 5.73 Å². The molecule has 3 rings (SSSR count). The van der Waals surface area contributed by atoms with Gasteiger partial charge in [-0.3, -0.25) is 0 Å². The summed E-state index contributed by atoms with van der Waals surface area (Å²) in [5.41, 5.74) is 9.33. The standard InChI is InChI=1S/C16H11ClN4/c1-9-7-12(10-5-3-2-4-6-10)20-14-11(8-18)15(17)21-16(19)13(9)14/h2-7H,1H3,(H2,19,21). The smallest absolute Gasteiger partial charge is 0.151 e. The van der Waals surface area contributed by atoms with Crippen LogP contribution in [0.2, 0.25) is 5.15 Å². The minimum absolute atomic E-state index is 0.0830. The second-order valence-electron chi connectivity index (χ2n) is 4.69. The fraction of sp³-hybridized carbons (Fsp3) is 0.0625. The molecule has 3 aromatic rings. The van der Waals surface area contributed by atoms with Crippen LogP contribution in [-0.2, 0) is 0 Å². The number of nitrogens with zero attached hydrogens (tertiary/aromatic N) is 3. The molecule has 21 heavy (non-hydrogen) atoms. The van der Waals surface area contributed by atoms with Gasteiger partial charge < -0.3 is 5.73 Å². The van der Waals surface area contributed by atoms with Crippen LogP contribution in [0.5, 0.6) is 0 Å². The maximum absolute atomic E-state index is 9.30. The van der Waals surface area contributed by atoms with Crippen molar-refractivity contribution in [1.82, 2.24) is 9.97 Å². The first-order chi connectivity index (χ1) is 10.1. The predicted molar refractivity (Wildman–Crippen MR) is 83.8 cm³/mol. The third-order valence-corrected chi connectivity index (χ3v) is 3.59. The minimum atomic E-state index is 0.0830. The van der Waals surface area contributed by atoms with Gasteiger partial charge in [0.15, 0.2) is 5.15 Å². The van der Waals surface area contributed by atoms with Gasteiger partial charge in [-0.2, -0.15) is 5.26 Å². The Hall–Kier alpha value is -2.64. The summed E-state index contributed by atoms with van der Waals surface area (Å²) in [5, 5.41) is 10.1. The maximum Gasteiger partial charge on any atom is 0.151 e. The lowest BCUT2D eigenvalue weighted by atomic mass is 10.0. The molecule has 0 amide bonds. The van der Waals surface area contributed by atoms with E-state index in [0.29, 0.717) is 16.7 Å². The summed E-state index contributed by atoms with van der Waals surface area (Å²) in [4.78, 5) is 8.59. The summed E-state index contributed by atoms with van der Waals surface area (Å²) in [6.07, 6.45) is 0. The summed E-state index contributed by atoms with van der Waals surface area (Å²) in [7, 11) is 0. The van der Waals surface area contributed by atoms with Gasteiger partial charge in [-0.1, -0.05) is 41.9 Å². The highest BCUT2D eigenvalue weighted by Gasteiger charge is 2.15. The van der Waals surface area contributed by atoms with Crippen LogP contribution < -0.4 is 5.73 Å². The van der Waals surface area contributed by atoms with Gasteiger partial charge >= 0.3 is 0 Å². The van der Waals surface area contributed by atoms with E-state index in [-0.39, 0.29) is 10.7 Å². The monoisotopic (exact) mass is 294 g/mol. The van der Waals surface area contributed by atoms with Gasteiger partial charge in [0.1, 0.15) is 17.5 Å². The van der Waals surface area contributed by atoms with E-state index in [0.717, 1.165) is 16.8 Å². The van der Waals surface area contributed by atoms with Crippen LogP contribution in [-0.4, -0.2) is 9.97 Å². The second kappa shape index (κ2) is 5.04. The molecule has 5 heteroatoms. The Bertz CT molecular complexity index is 882. The lowest BCUT2D eigenvalue weighted by molar-refractivity contribution is 1.29. The average Bonchev–Trinajstić information content (AvgIpc) is 2.47. The largest absolute Gasteiger partial charge is 0.383 e. The van der Waals surface area contributed by atoms with Crippen molar-refractivity contribution in [3.63, 3.8) is 0 Å². The number of hydrogen-bond donors (Lipinski definition) is 1. The SMILES string of the molecule is Cc1cc(-c2ccccc2)nc2c(C#N)c(Cl)nc(N)c12. The molecule has 0 bridgehead atoms. The number of nitrogens with two attached hydrogens (primary N) is 1. The zero-order valence-electron chi connectivity index (χ0n) is 11.3. The molecule has 4 nitrogen and oxygen atoms in total. The van der Waals surface area contributed by atoms with Crippen LogP contribution in [0.4, 0.5) is 5.82 Å². The normalized spacial score (nSPS) is 10.5. The van der Waals surface area contributed by atoms with Crippen molar-refractivity contribution < 1.29 is 0 Å². The number of halogens is 1. The molecule has 0 aliphatic heterocycles. The molecule has 0 spiro atoms. The van der Waals surface area contributed by atoms with Gasteiger partial charge in [0.05, 0.1) is 11.2 Å². The van der Waals surface area contributed by atoms with Crippen LogP contribution in [0.3, 0.4) is 0 Å². The van der Waals surface area contributed by atoms with E-state index in [2.05, 4.69) is 16.0 Å². The molecule has 2 aromatic heterocycles. The molecule has 0 saturated carbocycles. The molecule has 0 fully saturated rings. The summed E-state index contributed by atoms with van der Waals surface area (Å²) < 4.78 is 0. The predicted octanol–water partition coefficient (Wildman–Crippen LogP) is 3.71. The van der Waals surface area contributed by atoms with E-state index in [4.69, 9.17) is 17.3 Å². The van der Waals surface area contributed by atoms with Crippen LogP contribution in [0, 0.1) is 18.3 Å². The Morgan fingerprint density at radius 2 is 1.90 bits per heavy atom. The lowest BCUT2D eigenvalue weighted by Crippen LogP contribution is -2.00. The number of aryl methyl sites for hydroxylation is 1. The number of nitriles is 1. The minimum Gasteiger partial charge on any atom is -0.383 e. The van der Waals surface area contributed by atoms with E-state index < -0.39 is 0 Å². The van der Waals surface area contributed by atoms with E-state index in [1.165, 1.54) is 0 Å². The number of hydrogen-bond acceptors (Lipinski definition) is 4. The highest BCUT2D eigenvalue weighted by Crippen LogP contribution is 2.31. The van der Waals surface area contributed by atoms with Crippen molar-refractivity contribution in [2.45, 2.75) is 6.92 Å². The average molecular weight is 295 g/mol. The molecule has 0 unspecified atom stereocenters. The number of nitrogen functional groups attached to an aromatic ring is 1. The molecular weight excluding hydrogens is 284 g/mol. The Labute approximate surface area is 126 Å². The summed E-state index contributed by atoms with van der Waals surface area (Å²) in [5.74, 6) is 0.290. The first-order valence-electron chi connectivity index (χ1n) is 6.33. The molecule has 0 radical (unpaired) electrons. The highest BCUT2D eigenvalue weighted by atomic mass is 35.5. The zero-order valence-corrected chi connectivity index (χ0v) is 12.0. The van der Waals surface area contributed by atoms with Crippen molar-refractivity contribution >= 4 is 28.3 Å². The van der Waals surface area contributed by atoms with Crippen molar-refractivity contribution in [3.8, 4) is 17.3 Å². The second-order valence-corrected chi connectivity index (χ2v) is 5.05. The molecule has 102 valence electrons. The molecule has 0 aliphatic rings. The Kier molecular flexibility index (Phi) is 3.20. The number of anilines is 1. The molecule has 1 aromatic carbocycles. The highest BCUT2D eigenvalue weighted by molar-refractivity contribution is 6.31. The van der Waals surface area contributed by atoms with Gasteiger partial charge in [-0.25, -0.2) is 9.97 Å². The van der Waals surface area contributed by atoms with Crippen molar-refractivity contribution in [3.05, 3.63) is 52.7 Å². The summed E-state index contributed by atoms with van der Waals surface area (Å²) in [6.45, 7) is 1.92. The maximum atomic E-state index is 9.30.